The van der Waals surface area contributed by atoms with E-state index in [1.54, 1.807) is 0 Å². The summed E-state index contributed by atoms with van der Waals surface area (Å²) in [4.78, 5) is 0. The van der Waals surface area contributed by atoms with Crippen LogP contribution in [0.25, 0.3) is 0 Å². The van der Waals surface area contributed by atoms with Crippen molar-refractivity contribution in [2.45, 2.75) is 0 Å². The molecule has 0 aliphatic heterocycles. The molecule has 0 atom stereocenters. The van der Waals surface area contributed by atoms with E-state index in [0.29, 0.717) is 4.73 Å². The van der Waals surface area contributed by atoms with E-state index in [2.05, 4.69) is 0 Å². The van der Waals surface area contributed by atoms with Crippen LogP contribution >= 0.6 is 0 Å². The minimum Gasteiger partial charge on any atom is -0.619 e. The molecule has 0 fully saturated rings. The summed E-state index contributed by atoms with van der Waals surface area (Å²) < 4.78 is 0.398. The second-order valence-corrected chi connectivity index (χ2v) is 1.58. The molecular weight excluding hydrogens is 122 g/mol. The third kappa shape index (κ3) is 1.02. The number of pyridine rings is 1. The van der Waals surface area contributed by atoms with E-state index in [9.17, 15) is 5.21 Å². The van der Waals surface area contributed by atoms with Gasteiger partial charge in [-0.25, -0.2) is 0 Å². The van der Waals surface area contributed by atoms with Crippen LogP contribution in [0.2, 0.25) is 0 Å². The molecule has 0 aliphatic rings. The fourth-order valence-electron chi connectivity index (χ4n) is 0.459. The summed E-state index contributed by atoms with van der Waals surface area (Å²) in [5, 5.41) is 27.6. The number of aromatic nitrogens is 1. The Kier molecular flexibility index (Phi) is 1.14. The van der Waals surface area contributed by atoms with Crippen molar-refractivity contribution in [2.75, 3.05) is 0 Å². The van der Waals surface area contributed by atoms with Crippen LogP contribution in [0.5, 0.6) is 11.5 Å². The van der Waals surface area contributed by atoms with Crippen molar-refractivity contribution in [2.24, 2.45) is 0 Å². The molecule has 0 radical (unpaired) electrons. The van der Waals surface area contributed by atoms with Crippen molar-refractivity contribution < 1.29 is 14.9 Å². The predicted octanol–water partition coefficient (Wildman–Crippen LogP) is -0.269. The highest BCUT2D eigenvalue weighted by Gasteiger charge is 1.99. The Labute approximate surface area is 51.2 Å². The van der Waals surface area contributed by atoms with Crippen LogP contribution in [-0.2, 0) is 0 Å². The van der Waals surface area contributed by atoms with E-state index in [1.165, 1.54) is 0 Å². The van der Waals surface area contributed by atoms with Gasteiger partial charge in [0.05, 0.1) is 0 Å². The molecule has 9 heavy (non-hydrogen) atoms. The highest BCUT2D eigenvalue weighted by Crippen LogP contribution is 2.19. The highest BCUT2D eigenvalue weighted by atomic mass is 16.5. The second-order valence-electron chi connectivity index (χ2n) is 1.58. The van der Waals surface area contributed by atoms with Crippen molar-refractivity contribution >= 4 is 0 Å². The topological polar surface area (TPSA) is 67.4 Å². The van der Waals surface area contributed by atoms with Crippen LogP contribution in [0.1, 0.15) is 0 Å². The SMILES string of the molecule is [O-][n+]1ccc(O)c(O)c1. The molecule has 0 unspecified atom stereocenters. The molecule has 2 N–H and O–H groups in total. The molecule has 1 rings (SSSR count). The summed E-state index contributed by atoms with van der Waals surface area (Å²) in [6.45, 7) is 0. The van der Waals surface area contributed by atoms with Crippen LogP contribution in [0.15, 0.2) is 18.5 Å². The van der Waals surface area contributed by atoms with Crippen molar-refractivity contribution in [3.63, 3.8) is 0 Å². The summed E-state index contributed by atoms with van der Waals surface area (Å²) in [5.41, 5.74) is 0. The molecule has 48 valence electrons. The van der Waals surface area contributed by atoms with Gasteiger partial charge in [0.1, 0.15) is 0 Å². The third-order valence-corrected chi connectivity index (χ3v) is 0.891. The van der Waals surface area contributed by atoms with Gasteiger partial charge in [-0.05, 0) is 0 Å². The van der Waals surface area contributed by atoms with E-state index >= 15 is 0 Å². The average molecular weight is 127 g/mol. The van der Waals surface area contributed by atoms with Gasteiger partial charge >= 0.3 is 0 Å². The van der Waals surface area contributed by atoms with E-state index in [4.69, 9.17) is 10.2 Å². The molecule has 4 heteroatoms. The Bertz CT molecular complexity index is 223. The maximum absolute atomic E-state index is 10.3. The zero-order valence-electron chi connectivity index (χ0n) is 4.48. The molecule has 0 amide bonds. The van der Waals surface area contributed by atoms with Crippen molar-refractivity contribution in [1.82, 2.24) is 0 Å². The lowest BCUT2D eigenvalue weighted by Gasteiger charge is -1.95. The van der Waals surface area contributed by atoms with Gasteiger partial charge in [-0.1, -0.05) is 0 Å². The lowest BCUT2D eigenvalue weighted by Crippen LogP contribution is -2.23. The third-order valence-electron chi connectivity index (χ3n) is 0.891. The maximum atomic E-state index is 10.3. The molecule has 0 aliphatic carbocycles. The quantitative estimate of drug-likeness (QED) is 0.372. The number of hydrogen-bond donors (Lipinski definition) is 2. The highest BCUT2D eigenvalue weighted by molar-refractivity contribution is 5.31. The predicted molar refractivity (Wildman–Crippen MR) is 28.7 cm³/mol. The number of rotatable bonds is 0. The lowest BCUT2D eigenvalue weighted by molar-refractivity contribution is -0.605. The summed E-state index contributed by atoms with van der Waals surface area (Å²) in [5.74, 6) is -0.699. The number of nitrogens with zero attached hydrogens (tertiary/aromatic N) is 1. The summed E-state index contributed by atoms with van der Waals surface area (Å²) in [6.07, 6.45) is 1.96. The standard InChI is InChI=1S/C5H5NO3/c7-4-1-2-6(9)3-5(4)8/h1-3,7-8H. The van der Waals surface area contributed by atoms with Gasteiger partial charge in [-0.15, -0.1) is 0 Å². The van der Waals surface area contributed by atoms with Gasteiger partial charge in [0.2, 0.25) is 11.9 Å². The fourth-order valence-corrected chi connectivity index (χ4v) is 0.459. The van der Waals surface area contributed by atoms with E-state index in [0.717, 1.165) is 18.5 Å². The number of hydrogen-bond acceptors (Lipinski definition) is 3. The molecule has 1 aromatic rings. The number of aromatic hydroxyl groups is 2. The largest absolute Gasteiger partial charge is 0.619 e. The second kappa shape index (κ2) is 1.81. The lowest BCUT2D eigenvalue weighted by atomic mass is 10.4. The fraction of sp³-hybridized carbons (Fsp3) is 0. The first-order valence-electron chi connectivity index (χ1n) is 2.31. The molecule has 0 bridgehead atoms. The molecule has 0 spiro atoms. The van der Waals surface area contributed by atoms with Crippen LogP contribution in [0.4, 0.5) is 0 Å². The smallest absolute Gasteiger partial charge is 0.226 e. The van der Waals surface area contributed by atoms with E-state index < -0.39 is 5.75 Å². The summed E-state index contributed by atoms with van der Waals surface area (Å²) in [6, 6.07) is 1.11. The van der Waals surface area contributed by atoms with Crippen LogP contribution in [0, 0.1) is 5.21 Å². The van der Waals surface area contributed by atoms with E-state index in [-0.39, 0.29) is 5.75 Å². The Balaban J connectivity index is 3.17. The minimum atomic E-state index is -0.410. The Morgan fingerprint density at radius 2 is 2.00 bits per heavy atom. The zero-order chi connectivity index (χ0) is 6.85. The van der Waals surface area contributed by atoms with Crippen LogP contribution in [-0.4, -0.2) is 10.2 Å². The molecule has 0 saturated heterocycles. The maximum Gasteiger partial charge on any atom is 0.226 e. The summed E-state index contributed by atoms with van der Waals surface area (Å²) in [7, 11) is 0. The van der Waals surface area contributed by atoms with Crippen LogP contribution < -0.4 is 4.73 Å². The van der Waals surface area contributed by atoms with Gasteiger partial charge in [-0.2, -0.15) is 4.73 Å². The van der Waals surface area contributed by atoms with Gasteiger partial charge < -0.3 is 15.4 Å². The Hall–Kier alpha value is -1.45. The molecule has 1 aromatic heterocycles. The van der Waals surface area contributed by atoms with Crippen molar-refractivity contribution in [3.8, 4) is 11.5 Å². The monoisotopic (exact) mass is 127 g/mol. The van der Waals surface area contributed by atoms with E-state index in [1.807, 2.05) is 0 Å². The normalized spacial score (nSPS) is 9.33. The molecule has 4 nitrogen and oxygen atoms in total. The Morgan fingerprint density at radius 3 is 2.44 bits per heavy atom. The molecule has 1 heterocycles. The molecule has 0 saturated carbocycles. The Morgan fingerprint density at radius 1 is 1.33 bits per heavy atom. The first-order chi connectivity index (χ1) is 4.20. The zero-order valence-corrected chi connectivity index (χ0v) is 4.48. The van der Waals surface area contributed by atoms with Crippen LogP contribution in [0.3, 0.4) is 0 Å². The van der Waals surface area contributed by atoms with Crippen molar-refractivity contribution in [1.29, 1.82) is 0 Å². The van der Waals surface area contributed by atoms with Gasteiger partial charge in [-0.3, -0.25) is 0 Å². The first kappa shape index (κ1) is 5.68. The average Bonchev–Trinajstić information content (AvgIpc) is 1.80. The first-order valence-corrected chi connectivity index (χ1v) is 2.31. The van der Waals surface area contributed by atoms with Crippen molar-refractivity contribution in [3.05, 3.63) is 23.7 Å². The van der Waals surface area contributed by atoms with Gasteiger partial charge in [0.25, 0.3) is 0 Å². The van der Waals surface area contributed by atoms with Gasteiger partial charge in [0, 0.05) is 6.07 Å². The minimum absolute atomic E-state index is 0.290. The van der Waals surface area contributed by atoms with Gasteiger partial charge in [0.15, 0.2) is 11.9 Å². The summed E-state index contributed by atoms with van der Waals surface area (Å²) >= 11 is 0. The molecule has 0 aromatic carbocycles. The molecular formula is C5H5NO3.